The lowest BCUT2D eigenvalue weighted by Gasteiger charge is -2.27. The molecule has 100 valence electrons. The molecule has 1 aromatic heterocycles. The molecule has 0 spiro atoms. The molecule has 0 aliphatic heterocycles. The number of rotatable bonds is 7. The number of aryl methyl sites for hydroxylation is 1. The molecule has 0 amide bonds. The van der Waals surface area contributed by atoms with E-state index in [9.17, 15) is 0 Å². The fourth-order valence-electron chi connectivity index (χ4n) is 2.27. The summed E-state index contributed by atoms with van der Waals surface area (Å²) in [5.74, 6) is 0. The number of hydrogen-bond acceptors (Lipinski definition) is 3. The second-order valence-corrected chi connectivity index (χ2v) is 5.43. The van der Waals surface area contributed by atoms with E-state index in [1.807, 2.05) is 0 Å². The minimum Gasteiger partial charge on any atom is -0.312 e. The molecule has 1 heterocycles. The highest BCUT2D eigenvalue weighted by molar-refractivity contribution is 5.09. The zero-order chi connectivity index (χ0) is 13.0. The Balaban J connectivity index is 1.85. The number of likely N-dealkylation sites (N-methyl/N-ethyl adjacent to an activating group) is 1. The van der Waals surface area contributed by atoms with E-state index in [0.29, 0.717) is 6.04 Å². The Morgan fingerprint density at radius 1 is 1.44 bits per heavy atom. The minimum absolute atomic E-state index is 0.605. The molecule has 1 aliphatic carbocycles. The van der Waals surface area contributed by atoms with E-state index < -0.39 is 0 Å². The van der Waals surface area contributed by atoms with Crippen molar-refractivity contribution in [2.24, 2.45) is 0 Å². The van der Waals surface area contributed by atoms with E-state index >= 15 is 0 Å². The van der Waals surface area contributed by atoms with Crippen LogP contribution in [0.5, 0.6) is 0 Å². The lowest BCUT2D eigenvalue weighted by molar-refractivity contribution is 0.218. The van der Waals surface area contributed by atoms with Crippen LogP contribution >= 0.6 is 0 Å². The Bertz CT molecular complexity index is 374. The van der Waals surface area contributed by atoms with Crippen LogP contribution in [0.15, 0.2) is 18.2 Å². The summed E-state index contributed by atoms with van der Waals surface area (Å²) in [6.45, 7) is 6.35. The summed E-state index contributed by atoms with van der Waals surface area (Å²) in [7, 11) is 2.20. The van der Waals surface area contributed by atoms with Crippen molar-refractivity contribution in [1.29, 1.82) is 0 Å². The van der Waals surface area contributed by atoms with Crippen molar-refractivity contribution in [1.82, 2.24) is 15.2 Å². The van der Waals surface area contributed by atoms with Gasteiger partial charge in [0.25, 0.3) is 0 Å². The normalized spacial score (nSPS) is 17.1. The van der Waals surface area contributed by atoms with Gasteiger partial charge in [0.15, 0.2) is 0 Å². The fraction of sp³-hybridized carbons (Fsp3) is 0.667. The topological polar surface area (TPSA) is 28.2 Å². The highest BCUT2D eigenvalue weighted by Crippen LogP contribution is 2.19. The maximum absolute atomic E-state index is 4.58. The molecule has 1 N–H and O–H groups in total. The van der Waals surface area contributed by atoms with E-state index in [4.69, 9.17) is 0 Å². The third kappa shape index (κ3) is 4.07. The second-order valence-electron chi connectivity index (χ2n) is 5.43. The summed E-state index contributed by atoms with van der Waals surface area (Å²) >= 11 is 0. The second kappa shape index (κ2) is 6.30. The molecular weight excluding hydrogens is 222 g/mol. The van der Waals surface area contributed by atoms with Gasteiger partial charge in [0, 0.05) is 30.9 Å². The SMILES string of the molecule is CCC(CNC1CC1)N(C)Cc1cccc(C)n1. The number of nitrogens with one attached hydrogen (secondary N) is 1. The first-order chi connectivity index (χ1) is 8.69. The third-order valence-electron chi connectivity index (χ3n) is 3.67. The van der Waals surface area contributed by atoms with Crippen molar-refractivity contribution in [3.8, 4) is 0 Å². The average molecular weight is 247 g/mol. The smallest absolute Gasteiger partial charge is 0.0547 e. The van der Waals surface area contributed by atoms with Crippen molar-refractivity contribution < 1.29 is 0 Å². The molecule has 1 aromatic rings. The van der Waals surface area contributed by atoms with Gasteiger partial charge in [-0.2, -0.15) is 0 Å². The van der Waals surface area contributed by atoms with Crippen LogP contribution in [-0.2, 0) is 6.54 Å². The summed E-state index contributed by atoms with van der Waals surface area (Å²) in [6, 6.07) is 7.66. The van der Waals surface area contributed by atoms with Crippen molar-refractivity contribution in [3.63, 3.8) is 0 Å². The van der Waals surface area contributed by atoms with Gasteiger partial charge in [-0.05, 0) is 45.4 Å². The highest BCUT2D eigenvalue weighted by atomic mass is 15.2. The van der Waals surface area contributed by atoms with Crippen LogP contribution < -0.4 is 5.32 Å². The number of pyridine rings is 1. The molecule has 0 bridgehead atoms. The number of hydrogen-bond donors (Lipinski definition) is 1. The molecule has 1 saturated carbocycles. The standard InChI is InChI=1S/C15H25N3/c1-4-15(10-16-13-8-9-13)18(3)11-14-7-5-6-12(2)17-14/h5-7,13,15-16H,4,8-11H2,1-3H3. The molecule has 1 fully saturated rings. The average Bonchev–Trinajstić information content (AvgIpc) is 3.14. The molecule has 2 rings (SSSR count). The van der Waals surface area contributed by atoms with Crippen LogP contribution in [0.1, 0.15) is 37.6 Å². The van der Waals surface area contributed by atoms with Crippen LogP contribution in [0.25, 0.3) is 0 Å². The lowest BCUT2D eigenvalue weighted by atomic mass is 10.2. The minimum atomic E-state index is 0.605. The molecule has 1 aliphatic rings. The van der Waals surface area contributed by atoms with E-state index in [0.717, 1.165) is 24.8 Å². The zero-order valence-corrected chi connectivity index (χ0v) is 11.8. The van der Waals surface area contributed by atoms with Crippen LogP contribution in [0.2, 0.25) is 0 Å². The Morgan fingerprint density at radius 3 is 2.83 bits per heavy atom. The van der Waals surface area contributed by atoms with Crippen molar-refractivity contribution in [2.45, 2.75) is 51.7 Å². The van der Waals surface area contributed by atoms with Crippen LogP contribution in [-0.4, -0.2) is 35.6 Å². The molecule has 1 unspecified atom stereocenters. The van der Waals surface area contributed by atoms with E-state index in [-0.39, 0.29) is 0 Å². The summed E-state index contributed by atoms with van der Waals surface area (Å²) in [5, 5.41) is 3.62. The van der Waals surface area contributed by atoms with Crippen molar-refractivity contribution >= 4 is 0 Å². The summed E-state index contributed by atoms with van der Waals surface area (Å²) < 4.78 is 0. The molecule has 0 aromatic carbocycles. The predicted molar refractivity (Wildman–Crippen MR) is 75.5 cm³/mol. The largest absolute Gasteiger partial charge is 0.312 e. The Kier molecular flexibility index (Phi) is 4.72. The van der Waals surface area contributed by atoms with Crippen molar-refractivity contribution in [2.75, 3.05) is 13.6 Å². The Morgan fingerprint density at radius 2 is 2.22 bits per heavy atom. The van der Waals surface area contributed by atoms with Gasteiger partial charge in [0.05, 0.1) is 5.69 Å². The first kappa shape index (κ1) is 13.5. The van der Waals surface area contributed by atoms with Gasteiger partial charge in [0.1, 0.15) is 0 Å². The van der Waals surface area contributed by atoms with E-state index in [1.54, 1.807) is 0 Å². The molecule has 0 radical (unpaired) electrons. The Labute approximate surface area is 111 Å². The molecular formula is C15H25N3. The van der Waals surface area contributed by atoms with Crippen molar-refractivity contribution in [3.05, 3.63) is 29.6 Å². The summed E-state index contributed by atoms with van der Waals surface area (Å²) in [5.41, 5.74) is 2.27. The van der Waals surface area contributed by atoms with Crippen LogP contribution in [0.3, 0.4) is 0 Å². The zero-order valence-electron chi connectivity index (χ0n) is 11.8. The maximum atomic E-state index is 4.58. The fourth-order valence-corrected chi connectivity index (χ4v) is 2.27. The molecule has 3 heteroatoms. The van der Waals surface area contributed by atoms with Gasteiger partial charge in [-0.15, -0.1) is 0 Å². The number of nitrogens with zero attached hydrogens (tertiary/aromatic N) is 2. The van der Waals surface area contributed by atoms with Crippen LogP contribution in [0.4, 0.5) is 0 Å². The monoisotopic (exact) mass is 247 g/mol. The predicted octanol–water partition coefficient (Wildman–Crippen LogP) is 2.35. The van der Waals surface area contributed by atoms with Gasteiger partial charge in [-0.25, -0.2) is 0 Å². The molecule has 3 nitrogen and oxygen atoms in total. The highest BCUT2D eigenvalue weighted by Gasteiger charge is 2.22. The first-order valence-corrected chi connectivity index (χ1v) is 7.05. The molecule has 0 saturated heterocycles. The number of aromatic nitrogens is 1. The first-order valence-electron chi connectivity index (χ1n) is 7.05. The van der Waals surface area contributed by atoms with E-state index in [1.165, 1.54) is 25.0 Å². The maximum Gasteiger partial charge on any atom is 0.0547 e. The third-order valence-corrected chi connectivity index (χ3v) is 3.67. The molecule has 1 atom stereocenters. The van der Waals surface area contributed by atoms with Gasteiger partial charge in [0.2, 0.25) is 0 Å². The van der Waals surface area contributed by atoms with Gasteiger partial charge >= 0.3 is 0 Å². The molecule has 18 heavy (non-hydrogen) atoms. The van der Waals surface area contributed by atoms with E-state index in [2.05, 4.69) is 54.3 Å². The lowest BCUT2D eigenvalue weighted by Crippen LogP contribution is -2.40. The van der Waals surface area contributed by atoms with Gasteiger partial charge in [-0.3, -0.25) is 9.88 Å². The van der Waals surface area contributed by atoms with Gasteiger partial charge in [-0.1, -0.05) is 13.0 Å². The summed E-state index contributed by atoms with van der Waals surface area (Å²) in [6.07, 6.45) is 3.90. The quantitative estimate of drug-likeness (QED) is 0.801. The van der Waals surface area contributed by atoms with Gasteiger partial charge < -0.3 is 5.32 Å². The Hall–Kier alpha value is -0.930. The van der Waals surface area contributed by atoms with Crippen LogP contribution in [0, 0.1) is 6.92 Å². The summed E-state index contributed by atoms with van der Waals surface area (Å²) in [4.78, 5) is 6.99.